The molecule has 0 bridgehead atoms. The summed E-state index contributed by atoms with van der Waals surface area (Å²) in [6, 6.07) is 0. The summed E-state index contributed by atoms with van der Waals surface area (Å²) in [7, 11) is 0. The van der Waals surface area contributed by atoms with Crippen molar-refractivity contribution in [3.63, 3.8) is 0 Å². The van der Waals surface area contributed by atoms with Crippen LogP contribution in [0.15, 0.2) is 0 Å². The van der Waals surface area contributed by atoms with E-state index in [9.17, 15) is 10.2 Å². The topological polar surface area (TPSA) is 53.0 Å². The molecule has 10 heavy (non-hydrogen) atoms. The van der Waals surface area contributed by atoms with Crippen molar-refractivity contribution < 1.29 is 14.9 Å². The van der Waals surface area contributed by atoms with Crippen LogP contribution in [-0.4, -0.2) is 34.6 Å². The number of hydrogen-bond acceptors (Lipinski definition) is 3. The van der Waals surface area contributed by atoms with Crippen molar-refractivity contribution in [2.24, 2.45) is 0 Å². The highest BCUT2D eigenvalue weighted by molar-refractivity contribution is 4.92. The maximum absolute atomic E-state index is 9.22. The number of hydrogen-bond donors (Lipinski definition) is 2. The highest BCUT2D eigenvalue weighted by Crippen LogP contribution is 2.35. The van der Waals surface area contributed by atoms with Crippen LogP contribution in [0.2, 0.25) is 0 Å². The lowest BCUT2D eigenvalue weighted by atomic mass is 10.1. The van der Waals surface area contributed by atoms with Crippen molar-refractivity contribution in [2.75, 3.05) is 0 Å². The third-order valence-corrected chi connectivity index (χ3v) is 2.24. The molecule has 0 spiro atoms. The van der Waals surface area contributed by atoms with Gasteiger partial charge in [-0.1, -0.05) is 0 Å². The van der Waals surface area contributed by atoms with Gasteiger partial charge in [0, 0.05) is 12.8 Å². The van der Waals surface area contributed by atoms with Gasteiger partial charge >= 0.3 is 0 Å². The maximum Gasteiger partial charge on any atom is 0.0867 e. The Bertz CT molecular complexity index is 119. The number of aliphatic hydroxyl groups excluding tert-OH is 2. The molecule has 0 aromatic heterocycles. The predicted octanol–water partition coefficient (Wildman–Crippen LogP) is -0.341. The normalized spacial score (nSPS) is 53.4. The molecular weight excluding hydrogens is 132 g/mol. The van der Waals surface area contributed by atoms with E-state index in [0.717, 1.165) is 0 Å². The molecule has 3 nitrogen and oxygen atoms in total. The molecule has 4 unspecified atom stereocenters. The number of ether oxygens (including phenoxy) is 1. The first-order chi connectivity index (χ1) is 4.75. The minimum atomic E-state index is -0.354. The first-order valence-corrected chi connectivity index (χ1v) is 3.77. The summed E-state index contributed by atoms with van der Waals surface area (Å²) in [6.45, 7) is 0. The van der Waals surface area contributed by atoms with Gasteiger partial charge in [-0.15, -0.1) is 0 Å². The van der Waals surface area contributed by atoms with Crippen LogP contribution in [0.4, 0.5) is 0 Å². The fraction of sp³-hybridized carbons (Fsp3) is 1.00. The van der Waals surface area contributed by atoms with E-state index >= 15 is 0 Å². The summed E-state index contributed by atoms with van der Waals surface area (Å²) >= 11 is 0. The summed E-state index contributed by atoms with van der Waals surface area (Å²) in [5.41, 5.74) is 0. The van der Waals surface area contributed by atoms with Gasteiger partial charge in [-0.3, -0.25) is 0 Å². The third kappa shape index (κ3) is 1.17. The molecule has 3 heteroatoms. The largest absolute Gasteiger partial charge is 0.393 e. The Kier molecular flexibility index (Phi) is 1.44. The van der Waals surface area contributed by atoms with Gasteiger partial charge in [0.25, 0.3) is 0 Å². The van der Waals surface area contributed by atoms with E-state index in [1.807, 2.05) is 0 Å². The van der Waals surface area contributed by atoms with Crippen molar-refractivity contribution in [1.29, 1.82) is 0 Å². The van der Waals surface area contributed by atoms with E-state index in [-0.39, 0.29) is 24.4 Å². The van der Waals surface area contributed by atoms with Crippen molar-refractivity contribution in [3.05, 3.63) is 0 Å². The van der Waals surface area contributed by atoms with Crippen LogP contribution in [0.5, 0.6) is 0 Å². The second-order valence-corrected chi connectivity index (χ2v) is 3.23. The molecule has 1 saturated carbocycles. The van der Waals surface area contributed by atoms with Gasteiger partial charge in [0.15, 0.2) is 0 Å². The molecule has 1 aliphatic heterocycles. The van der Waals surface area contributed by atoms with Gasteiger partial charge in [0.2, 0.25) is 0 Å². The van der Waals surface area contributed by atoms with Crippen molar-refractivity contribution in [1.82, 2.24) is 0 Å². The second-order valence-electron chi connectivity index (χ2n) is 3.23. The summed E-state index contributed by atoms with van der Waals surface area (Å²) in [4.78, 5) is 0. The van der Waals surface area contributed by atoms with E-state index < -0.39 is 0 Å². The number of rotatable bonds is 0. The average Bonchev–Trinajstić information content (AvgIpc) is 2.43. The first kappa shape index (κ1) is 6.58. The Balaban J connectivity index is 1.96. The van der Waals surface area contributed by atoms with Gasteiger partial charge < -0.3 is 14.9 Å². The fourth-order valence-corrected chi connectivity index (χ4v) is 1.64. The van der Waals surface area contributed by atoms with Gasteiger partial charge in [-0.05, 0) is 6.42 Å². The van der Waals surface area contributed by atoms with E-state index in [4.69, 9.17) is 4.74 Å². The molecule has 1 aliphatic carbocycles. The number of epoxide rings is 1. The van der Waals surface area contributed by atoms with Crippen LogP contribution in [0.1, 0.15) is 19.3 Å². The Hall–Kier alpha value is -0.120. The van der Waals surface area contributed by atoms with Gasteiger partial charge in [-0.25, -0.2) is 0 Å². The molecule has 1 heterocycles. The summed E-state index contributed by atoms with van der Waals surface area (Å²) < 4.78 is 5.18. The van der Waals surface area contributed by atoms with Crippen molar-refractivity contribution in [3.8, 4) is 0 Å². The van der Waals surface area contributed by atoms with E-state index in [0.29, 0.717) is 19.3 Å². The Labute approximate surface area is 59.6 Å². The third-order valence-electron chi connectivity index (χ3n) is 2.24. The molecule has 0 aromatic carbocycles. The van der Waals surface area contributed by atoms with E-state index in [2.05, 4.69) is 0 Å². The number of aliphatic hydroxyl groups is 2. The second kappa shape index (κ2) is 2.19. The predicted molar refractivity (Wildman–Crippen MR) is 34.5 cm³/mol. The standard InChI is InChI=1S/C7H12O3/c8-4-1-5(9)3-7-6(2-4)10-7/h4-9H,1-3H2. The maximum atomic E-state index is 9.22. The average molecular weight is 144 g/mol. The minimum Gasteiger partial charge on any atom is -0.393 e. The quantitative estimate of drug-likeness (QED) is 0.457. The minimum absolute atomic E-state index is 0.243. The lowest BCUT2D eigenvalue weighted by Gasteiger charge is -2.10. The van der Waals surface area contributed by atoms with Gasteiger partial charge in [-0.2, -0.15) is 0 Å². The molecule has 2 aliphatic rings. The Morgan fingerprint density at radius 2 is 1.40 bits per heavy atom. The number of fused-ring (bicyclic) bond motifs is 1. The van der Waals surface area contributed by atoms with Crippen LogP contribution < -0.4 is 0 Å². The molecule has 2 fully saturated rings. The van der Waals surface area contributed by atoms with Crippen LogP contribution in [0, 0.1) is 0 Å². The summed E-state index contributed by atoms with van der Waals surface area (Å²) in [5, 5.41) is 18.4. The van der Waals surface area contributed by atoms with Crippen LogP contribution in [0.3, 0.4) is 0 Å². The van der Waals surface area contributed by atoms with Crippen LogP contribution in [0.25, 0.3) is 0 Å². The summed E-state index contributed by atoms with van der Waals surface area (Å²) in [6.07, 6.45) is 1.72. The molecular formula is C7H12O3. The molecule has 0 radical (unpaired) electrons. The fourth-order valence-electron chi connectivity index (χ4n) is 1.64. The molecule has 2 rings (SSSR count). The zero-order chi connectivity index (χ0) is 7.14. The van der Waals surface area contributed by atoms with Gasteiger partial charge in [0.05, 0.1) is 24.4 Å². The van der Waals surface area contributed by atoms with Crippen LogP contribution >= 0.6 is 0 Å². The lowest BCUT2D eigenvalue weighted by molar-refractivity contribution is 0.0631. The molecule has 2 N–H and O–H groups in total. The van der Waals surface area contributed by atoms with Crippen LogP contribution in [-0.2, 0) is 4.74 Å². The van der Waals surface area contributed by atoms with E-state index in [1.165, 1.54) is 0 Å². The van der Waals surface area contributed by atoms with Gasteiger partial charge in [0.1, 0.15) is 0 Å². The SMILES string of the molecule is OC1CC(O)CC2OC2C1. The monoisotopic (exact) mass is 144 g/mol. The molecule has 0 amide bonds. The smallest absolute Gasteiger partial charge is 0.0867 e. The van der Waals surface area contributed by atoms with E-state index in [1.54, 1.807) is 0 Å². The zero-order valence-corrected chi connectivity index (χ0v) is 5.73. The highest BCUT2D eigenvalue weighted by atomic mass is 16.6. The Morgan fingerprint density at radius 1 is 0.900 bits per heavy atom. The highest BCUT2D eigenvalue weighted by Gasteiger charge is 2.43. The molecule has 4 atom stereocenters. The summed E-state index contributed by atoms with van der Waals surface area (Å²) in [5.74, 6) is 0. The Morgan fingerprint density at radius 3 is 1.90 bits per heavy atom. The molecule has 1 saturated heterocycles. The lowest BCUT2D eigenvalue weighted by Crippen LogP contribution is -2.16. The first-order valence-electron chi connectivity index (χ1n) is 3.77. The van der Waals surface area contributed by atoms with Crippen molar-refractivity contribution >= 4 is 0 Å². The zero-order valence-electron chi connectivity index (χ0n) is 5.73. The molecule has 0 aromatic rings. The van der Waals surface area contributed by atoms with Crippen molar-refractivity contribution in [2.45, 2.75) is 43.7 Å². The molecule has 58 valence electrons.